The molecule has 4 rings (SSSR count). The van der Waals surface area contributed by atoms with Gasteiger partial charge in [0.15, 0.2) is 0 Å². The molecule has 23 heavy (non-hydrogen) atoms. The summed E-state index contributed by atoms with van der Waals surface area (Å²) in [4.78, 5) is 8.90. The quantitative estimate of drug-likeness (QED) is 0.569. The van der Waals surface area contributed by atoms with Gasteiger partial charge < -0.3 is 9.13 Å². The standard InChI is InChI=1S/C18H15ClN4/c19-15-7-5-14(6-8-15)11-23-17-4-2-1-3-16(17)21-18(23)12-22-10-9-20-13-22/h1-10,13H,11-12H2. The van der Waals surface area contributed by atoms with E-state index in [9.17, 15) is 0 Å². The Morgan fingerprint density at radius 1 is 0.957 bits per heavy atom. The molecule has 5 heteroatoms. The predicted octanol–water partition coefficient (Wildman–Crippen LogP) is 3.98. The Kier molecular flexibility index (Phi) is 3.60. The Balaban J connectivity index is 1.77. The third-order valence-corrected chi connectivity index (χ3v) is 4.12. The van der Waals surface area contributed by atoms with E-state index < -0.39 is 0 Å². The molecule has 0 N–H and O–H groups in total. The molecular formula is C18H15ClN4. The SMILES string of the molecule is Clc1ccc(Cn2c(Cn3ccnc3)nc3ccccc32)cc1. The van der Waals surface area contributed by atoms with Crippen LogP contribution in [0.15, 0.2) is 67.3 Å². The summed E-state index contributed by atoms with van der Waals surface area (Å²) in [6.45, 7) is 1.46. The Hall–Kier alpha value is -2.59. The highest BCUT2D eigenvalue weighted by atomic mass is 35.5. The van der Waals surface area contributed by atoms with E-state index in [-0.39, 0.29) is 0 Å². The van der Waals surface area contributed by atoms with Crippen molar-refractivity contribution in [1.29, 1.82) is 0 Å². The Bertz CT molecular complexity index is 923. The van der Waals surface area contributed by atoms with Crippen LogP contribution in [0.3, 0.4) is 0 Å². The summed E-state index contributed by atoms with van der Waals surface area (Å²) < 4.78 is 4.28. The third kappa shape index (κ3) is 2.85. The molecule has 2 aromatic heterocycles. The lowest BCUT2D eigenvalue weighted by Gasteiger charge is -2.10. The van der Waals surface area contributed by atoms with Crippen molar-refractivity contribution in [3.63, 3.8) is 0 Å². The van der Waals surface area contributed by atoms with Crippen LogP contribution in [-0.4, -0.2) is 19.1 Å². The molecule has 0 saturated carbocycles. The molecular weight excluding hydrogens is 308 g/mol. The fourth-order valence-electron chi connectivity index (χ4n) is 2.74. The van der Waals surface area contributed by atoms with Crippen molar-refractivity contribution in [1.82, 2.24) is 19.1 Å². The minimum absolute atomic E-state index is 0.697. The average Bonchev–Trinajstić information content (AvgIpc) is 3.19. The van der Waals surface area contributed by atoms with Crippen LogP contribution >= 0.6 is 11.6 Å². The topological polar surface area (TPSA) is 35.6 Å². The van der Waals surface area contributed by atoms with Gasteiger partial charge in [0, 0.05) is 24.0 Å². The van der Waals surface area contributed by atoms with Crippen molar-refractivity contribution < 1.29 is 0 Å². The highest BCUT2D eigenvalue weighted by molar-refractivity contribution is 6.30. The number of rotatable bonds is 4. The second-order valence-corrected chi connectivity index (χ2v) is 5.90. The fourth-order valence-corrected chi connectivity index (χ4v) is 2.86. The molecule has 0 aliphatic heterocycles. The van der Waals surface area contributed by atoms with Gasteiger partial charge in [-0.1, -0.05) is 35.9 Å². The Labute approximate surface area is 139 Å². The van der Waals surface area contributed by atoms with E-state index in [1.807, 2.05) is 47.4 Å². The van der Waals surface area contributed by atoms with Crippen LogP contribution in [0.1, 0.15) is 11.4 Å². The number of nitrogens with zero attached hydrogens (tertiary/aromatic N) is 4. The second-order valence-electron chi connectivity index (χ2n) is 5.46. The number of fused-ring (bicyclic) bond motifs is 1. The number of para-hydroxylation sites is 2. The van der Waals surface area contributed by atoms with Gasteiger partial charge in [-0.05, 0) is 29.8 Å². The molecule has 0 aliphatic rings. The monoisotopic (exact) mass is 322 g/mol. The number of hydrogen-bond donors (Lipinski definition) is 0. The summed E-state index contributed by atoms with van der Waals surface area (Å²) in [5, 5.41) is 0.753. The normalized spacial score (nSPS) is 11.2. The van der Waals surface area contributed by atoms with Gasteiger partial charge in [-0.2, -0.15) is 0 Å². The molecule has 4 nitrogen and oxygen atoms in total. The van der Waals surface area contributed by atoms with Gasteiger partial charge in [-0.15, -0.1) is 0 Å². The Morgan fingerprint density at radius 2 is 1.78 bits per heavy atom. The molecule has 0 amide bonds. The molecule has 0 radical (unpaired) electrons. The van der Waals surface area contributed by atoms with Crippen molar-refractivity contribution in [2.45, 2.75) is 13.1 Å². The van der Waals surface area contributed by atoms with Crippen LogP contribution < -0.4 is 0 Å². The van der Waals surface area contributed by atoms with Crippen molar-refractivity contribution in [2.75, 3.05) is 0 Å². The first-order chi connectivity index (χ1) is 11.3. The van der Waals surface area contributed by atoms with Crippen molar-refractivity contribution >= 4 is 22.6 Å². The minimum Gasteiger partial charge on any atom is -0.330 e. The number of halogens is 1. The second kappa shape index (κ2) is 5.89. The smallest absolute Gasteiger partial charge is 0.130 e. The summed E-state index contributed by atoms with van der Waals surface area (Å²) in [5.41, 5.74) is 3.35. The van der Waals surface area contributed by atoms with E-state index in [1.165, 1.54) is 5.56 Å². The number of hydrogen-bond acceptors (Lipinski definition) is 2. The van der Waals surface area contributed by atoms with Crippen LogP contribution in [0, 0.1) is 0 Å². The van der Waals surface area contributed by atoms with Crippen LogP contribution in [0.2, 0.25) is 5.02 Å². The van der Waals surface area contributed by atoms with Gasteiger partial charge in [0.25, 0.3) is 0 Å². The molecule has 0 unspecified atom stereocenters. The van der Waals surface area contributed by atoms with Crippen LogP contribution in [0.5, 0.6) is 0 Å². The third-order valence-electron chi connectivity index (χ3n) is 3.87. The van der Waals surface area contributed by atoms with Crippen LogP contribution in [-0.2, 0) is 13.1 Å². The summed E-state index contributed by atoms with van der Waals surface area (Å²) in [6.07, 6.45) is 5.55. The highest BCUT2D eigenvalue weighted by Gasteiger charge is 2.11. The molecule has 4 aromatic rings. The predicted molar refractivity (Wildman–Crippen MR) is 91.6 cm³/mol. The molecule has 2 heterocycles. The maximum atomic E-state index is 5.99. The van der Waals surface area contributed by atoms with Gasteiger partial charge >= 0.3 is 0 Å². The number of aromatic nitrogens is 4. The van der Waals surface area contributed by atoms with E-state index in [4.69, 9.17) is 16.6 Å². The zero-order chi connectivity index (χ0) is 15.6. The Morgan fingerprint density at radius 3 is 2.57 bits per heavy atom. The van der Waals surface area contributed by atoms with Crippen LogP contribution in [0.4, 0.5) is 0 Å². The first kappa shape index (κ1) is 14.0. The zero-order valence-corrected chi connectivity index (χ0v) is 13.2. The lowest BCUT2D eigenvalue weighted by atomic mass is 10.2. The minimum atomic E-state index is 0.697. The molecule has 0 spiro atoms. The van der Waals surface area contributed by atoms with E-state index in [0.29, 0.717) is 6.54 Å². The molecule has 0 saturated heterocycles. The van der Waals surface area contributed by atoms with E-state index >= 15 is 0 Å². The molecule has 114 valence electrons. The van der Waals surface area contributed by atoms with Gasteiger partial charge in [0.2, 0.25) is 0 Å². The molecule has 0 aliphatic carbocycles. The van der Waals surface area contributed by atoms with Gasteiger partial charge in [-0.3, -0.25) is 0 Å². The maximum absolute atomic E-state index is 5.99. The fraction of sp³-hybridized carbons (Fsp3) is 0.111. The van der Waals surface area contributed by atoms with E-state index in [1.54, 1.807) is 6.20 Å². The summed E-state index contributed by atoms with van der Waals surface area (Å²) in [7, 11) is 0. The maximum Gasteiger partial charge on any atom is 0.130 e. The van der Waals surface area contributed by atoms with Crippen LogP contribution in [0.25, 0.3) is 11.0 Å². The van der Waals surface area contributed by atoms with Gasteiger partial charge in [-0.25, -0.2) is 9.97 Å². The first-order valence-electron chi connectivity index (χ1n) is 7.44. The summed E-state index contributed by atoms with van der Waals surface area (Å²) >= 11 is 5.99. The van der Waals surface area contributed by atoms with Crippen molar-refractivity contribution in [3.05, 3.63) is 83.7 Å². The lowest BCUT2D eigenvalue weighted by molar-refractivity contribution is 0.677. The lowest BCUT2D eigenvalue weighted by Crippen LogP contribution is -2.08. The largest absolute Gasteiger partial charge is 0.330 e. The molecule has 0 bridgehead atoms. The van der Waals surface area contributed by atoms with Crippen molar-refractivity contribution in [3.8, 4) is 0 Å². The molecule has 0 atom stereocenters. The van der Waals surface area contributed by atoms with Gasteiger partial charge in [0.05, 0.1) is 23.9 Å². The summed E-state index contributed by atoms with van der Waals surface area (Å²) in [5.74, 6) is 1.01. The average molecular weight is 323 g/mol. The highest BCUT2D eigenvalue weighted by Crippen LogP contribution is 2.19. The molecule has 0 fully saturated rings. The number of benzene rings is 2. The zero-order valence-electron chi connectivity index (χ0n) is 12.4. The van der Waals surface area contributed by atoms with E-state index in [2.05, 4.69) is 27.8 Å². The van der Waals surface area contributed by atoms with E-state index in [0.717, 1.165) is 28.4 Å². The first-order valence-corrected chi connectivity index (χ1v) is 7.82. The summed E-state index contributed by atoms with van der Waals surface area (Å²) in [6, 6.07) is 16.2. The van der Waals surface area contributed by atoms with Crippen molar-refractivity contribution in [2.24, 2.45) is 0 Å². The van der Waals surface area contributed by atoms with Gasteiger partial charge in [0.1, 0.15) is 5.82 Å². The number of imidazole rings is 2. The molecule has 2 aromatic carbocycles.